The molecule has 0 saturated carbocycles. The molecule has 0 radical (unpaired) electrons. The summed E-state index contributed by atoms with van der Waals surface area (Å²) in [5.41, 5.74) is 3.19. The van der Waals surface area contributed by atoms with E-state index in [1.54, 1.807) is 19.2 Å². The van der Waals surface area contributed by atoms with Crippen molar-refractivity contribution in [2.24, 2.45) is 4.99 Å². The molecule has 0 aromatic heterocycles. The molecule has 29 heavy (non-hydrogen) atoms. The summed E-state index contributed by atoms with van der Waals surface area (Å²) < 4.78 is 13.1. The maximum atomic E-state index is 13.1. The van der Waals surface area contributed by atoms with Gasteiger partial charge in [0.1, 0.15) is 5.82 Å². The van der Waals surface area contributed by atoms with Crippen molar-refractivity contribution in [1.82, 2.24) is 15.5 Å². The Morgan fingerprint density at radius 2 is 1.83 bits per heavy atom. The van der Waals surface area contributed by atoms with Crippen molar-refractivity contribution >= 4 is 41.5 Å². The molecule has 3 rings (SSSR count). The molecular weight excluding hydrogens is 484 g/mol. The van der Waals surface area contributed by atoms with Gasteiger partial charge in [-0.05, 0) is 35.4 Å². The number of rotatable bonds is 5. The van der Waals surface area contributed by atoms with Crippen molar-refractivity contribution in [2.75, 3.05) is 38.6 Å². The van der Waals surface area contributed by atoms with Crippen LogP contribution in [0.2, 0.25) is 0 Å². The Morgan fingerprint density at radius 1 is 1.17 bits per heavy atom. The Morgan fingerprint density at radius 3 is 2.45 bits per heavy atom. The third-order valence-corrected chi connectivity index (χ3v) is 4.70. The Bertz CT molecular complexity index is 826. The van der Waals surface area contributed by atoms with Crippen LogP contribution in [0, 0.1) is 5.82 Å². The van der Waals surface area contributed by atoms with Crippen LogP contribution in [0.1, 0.15) is 11.1 Å². The Labute approximate surface area is 188 Å². The van der Waals surface area contributed by atoms with E-state index in [1.807, 2.05) is 24.1 Å². The molecule has 1 heterocycles. The number of benzene rings is 2. The van der Waals surface area contributed by atoms with Gasteiger partial charge in [-0.2, -0.15) is 0 Å². The Hall–Kier alpha value is -2.36. The highest BCUT2D eigenvalue weighted by atomic mass is 127. The number of carbonyl (C=O) groups is 1. The topological polar surface area (TPSA) is 60.0 Å². The molecule has 2 aromatic carbocycles. The number of hydrogen-bond acceptors (Lipinski definition) is 3. The maximum Gasteiger partial charge on any atom is 0.239 e. The minimum Gasteiger partial charge on any atom is -0.360 e. The first kappa shape index (κ1) is 22.9. The van der Waals surface area contributed by atoms with E-state index in [9.17, 15) is 9.18 Å². The van der Waals surface area contributed by atoms with Gasteiger partial charge in [0.2, 0.25) is 5.91 Å². The van der Waals surface area contributed by atoms with Crippen molar-refractivity contribution in [2.45, 2.75) is 13.1 Å². The number of nitrogens with one attached hydrogen (secondary N) is 2. The predicted molar refractivity (Wildman–Crippen MR) is 125 cm³/mol. The van der Waals surface area contributed by atoms with Crippen LogP contribution in [-0.4, -0.2) is 50.5 Å². The zero-order valence-corrected chi connectivity index (χ0v) is 19.0. The SMILES string of the molecule is CN=C(NCc1ccc(N2CCNC(=O)C2)cc1)N(C)Cc1ccc(F)cc1.I. The highest BCUT2D eigenvalue weighted by Gasteiger charge is 2.16. The van der Waals surface area contributed by atoms with E-state index < -0.39 is 0 Å². The fourth-order valence-electron chi connectivity index (χ4n) is 3.19. The number of carbonyl (C=O) groups excluding carboxylic acids is 1. The van der Waals surface area contributed by atoms with E-state index in [2.05, 4.69) is 32.7 Å². The minimum absolute atomic E-state index is 0. The van der Waals surface area contributed by atoms with E-state index >= 15 is 0 Å². The predicted octanol–water partition coefficient (Wildman–Crippen LogP) is 2.59. The lowest BCUT2D eigenvalue weighted by atomic mass is 10.2. The summed E-state index contributed by atoms with van der Waals surface area (Å²) in [6.45, 7) is 3.18. The van der Waals surface area contributed by atoms with Crippen LogP contribution in [0.3, 0.4) is 0 Å². The summed E-state index contributed by atoms with van der Waals surface area (Å²) in [5, 5.41) is 6.18. The Balaban J connectivity index is 0.00000300. The van der Waals surface area contributed by atoms with E-state index in [-0.39, 0.29) is 35.7 Å². The molecule has 0 spiro atoms. The van der Waals surface area contributed by atoms with Gasteiger partial charge in [-0.1, -0.05) is 24.3 Å². The highest BCUT2D eigenvalue weighted by Crippen LogP contribution is 2.16. The lowest BCUT2D eigenvalue weighted by Crippen LogP contribution is -2.47. The molecule has 6 nitrogen and oxygen atoms in total. The van der Waals surface area contributed by atoms with Gasteiger partial charge in [0.15, 0.2) is 5.96 Å². The fourth-order valence-corrected chi connectivity index (χ4v) is 3.19. The number of anilines is 1. The molecule has 1 aliphatic rings. The third-order valence-electron chi connectivity index (χ3n) is 4.70. The van der Waals surface area contributed by atoms with Crippen molar-refractivity contribution in [3.63, 3.8) is 0 Å². The van der Waals surface area contributed by atoms with Gasteiger partial charge >= 0.3 is 0 Å². The summed E-state index contributed by atoms with van der Waals surface area (Å²) in [6, 6.07) is 14.7. The first-order valence-corrected chi connectivity index (χ1v) is 9.32. The van der Waals surface area contributed by atoms with Crippen LogP contribution in [-0.2, 0) is 17.9 Å². The highest BCUT2D eigenvalue weighted by molar-refractivity contribution is 14.0. The van der Waals surface area contributed by atoms with E-state index in [4.69, 9.17) is 0 Å². The van der Waals surface area contributed by atoms with Gasteiger partial charge in [0, 0.05) is 46.0 Å². The minimum atomic E-state index is -0.234. The lowest BCUT2D eigenvalue weighted by Gasteiger charge is -2.28. The molecule has 2 N–H and O–H groups in total. The number of aliphatic imine (C=N–C) groups is 1. The first-order chi connectivity index (χ1) is 13.5. The second kappa shape index (κ2) is 11.0. The van der Waals surface area contributed by atoms with Crippen LogP contribution in [0.5, 0.6) is 0 Å². The molecule has 156 valence electrons. The molecule has 0 atom stereocenters. The number of guanidine groups is 1. The summed E-state index contributed by atoms with van der Waals surface area (Å²) in [4.78, 5) is 19.9. The molecule has 1 amide bonds. The van der Waals surface area contributed by atoms with Gasteiger partial charge in [-0.25, -0.2) is 4.39 Å². The standard InChI is InChI=1S/C21H26FN5O.HI/c1-23-21(26(2)14-17-3-7-18(22)8-4-17)25-13-16-5-9-19(10-6-16)27-12-11-24-20(28)15-27;/h3-10H,11-15H2,1-2H3,(H,23,25)(H,24,28);1H. The number of hydrogen-bond donors (Lipinski definition) is 2. The molecule has 0 bridgehead atoms. The van der Waals surface area contributed by atoms with E-state index in [0.717, 1.165) is 29.3 Å². The van der Waals surface area contributed by atoms with E-state index in [0.29, 0.717) is 26.2 Å². The first-order valence-electron chi connectivity index (χ1n) is 9.32. The van der Waals surface area contributed by atoms with Crippen molar-refractivity contribution in [1.29, 1.82) is 0 Å². The lowest BCUT2D eigenvalue weighted by molar-refractivity contribution is -0.120. The quantitative estimate of drug-likeness (QED) is 0.368. The monoisotopic (exact) mass is 511 g/mol. The molecular formula is C21H27FIN5O. The average molecular weight is 511 g/mol. The number of piperazine rings is 1. The fraction of sp³-hybridized carbons (Fsp3) is 0.333. The normalized spacial score (nSPS) is 14.1. The molecule has 8 heteroatoms. The summed E-state index contributed by atoms with van der Waals surface area (Å²) >= 11 is 0. The van der Waals surface area contributed by atoms with Gasteiger partial charge in [0.25, 0.3) is 0 Å². The van der Waals surface area contributed by atoms with Gasteiger partial charge in [-0.15, -0.1) is 24.0 Å². The molecule has 1 fully saturated rings. The average Bonchev–Trinajstić information content (AvgIpc) is 2.71. The van der Waals surface area contributed by atoms with Gasteiger partial charge < -0.3 is 20.4 Å². The van der Waals surface area contributed by atoms with Crippen LogP contribution in [0.25, 0.3) is 0 Å². The molecule has 2 aromatic rings. The largest absolute Gasteiger partial charge is 0.360 e. The summed E-state index contributed by atoms with van der Waals surface area (Å²) in [7, 11) is 3.69. The maximum absolute atomic E-state index is 13.1. The third kappa shape index (κ3) is 6.59. The Kier molecular flexibility index (Phi) is 8.69. The molecule has 0 unspecified atom stereocenters. The van der Waals surface area contributed by atoms with Crippen LogP contribution >= 0.6 is 24.0 Å². The second-order valence-electron chi connectivity index (χ2n) is 6.82. The van der Waals surface area contributed by atoms with Gasteiger partial charge in [0.05, 0.1) is 6.54 Å². The molecule has 1 aliphatic heterocycles. The summed E-state index contributed by atoms with van der Waals surface area (Å²) in [6.07, 6.45) is 0. The smallest absolute Gasteiger partial charge is 0.239 e. The van der Waals surface area contributed by atoms with Crippen LogP contribution < -0.4 is 15.5 Å². The second-order valence-corrected chi connectivity index (χ2v) is 6.82. The van der Waals surface area contributed by atoms with Gasteiger partial charge in [-0.3, -0.25) is 9.79 Å². The molecule has 1 saturated heterocycles. The zero-order chi connectivity index (χ0) is 19.9. The number of amides is 1. The number of halogens is 2. The zero-order valence-electron chi connectivity index (χ0n) is 16.7. The van der Waals surface area contributed by atoms with Crippen molar-refractivity contribution < 1.29 is 9.18 Å². The van der Waals surface area contributed by atoms with Crippen LogP contribution in [0.4, 0.5) is 10.1 Å². The van der Waals surface area contributed by atoms with E-state index in [1.165, 1.54) is 12.1 Å². The summed E-state index contributed by atoms with van der Waals surface area (Å²) in [5.74, 6) is 0.591. The van der Waals surface area contributed by atoms with Crippen molar-refractivity contribution in [3.05, 3.63) is 65.5 Å². The van der Waals surface area contributed by atoms with Crippen LogP contribution in [0.15, 0.2) is 53.5 Å². The molecule has 0 aliphatic carbocycles. The van der Waals surface area contributed by atoms with Crippen molar-refractivity contribution in [3.8, 4) is 0 Å². The number of nitrogens with zero attached hydrogens (tertiary/aromatic N) is 3.